The number of halogens is 3. The summed E-state index contributed by atoms with van der Waals surface area (Å²) in [6.07, 6.45) is -1.34. The first kappa shape index (κ1) is 11.3. The van der Waals surface area contributed by atoms with Crippen LogP contribution in [0.3, 0.4) is 0 Å². The van der Waals surface area contributed by atoms with Gasteiger partial charge in [0.1, 0.15) is 0 Å². The van der Waals surface area contributed by atoms with Gasteiger partial charge in [0.2, 0.25) is 0 Å². The second kappa shape index (κ2) is 4.65. The van der Waals surface area contributed by atoms with Crippen molar-refractivity contribution in [3.05, 3.63) is 23.0 Å². The molecular weight excluding hydrogens is 258 g/mol. The number of aromatic nitrogens is 1. The molecule has 0 atom stereocenters. The van der Waals surface area contributed by atoms with Gasteiger partial charge in [-0.3, -0.25) is 4.98 Å². The molecule has 1 rings (SSSR count). The highest BCUT2D eigenvalue weighted by Gasteiger charge is 2.19. The number of aliphatic hydroxyl groups excluding tert-OH is 1. The largest absolute Gasteiger partial charge is 0.398 e. The third-order valence-corrected chi connectivity index (χ3v) is 2.44. The zero-order chi connectivity index (χ0) is 10.7. The molecule has 0 aliphatic rings. The van der Waals surface area contributed by atoms with E-state index in [-0.39, 0.29) is 16.9 Å². The molecule has 0 saturated carbocycles. The minimum absolute atomic E-state index is 0.00377. The maximum absolute atomic E-state index is 12.5. The van der Waals surface area contributed by atoms with Gasteiger partial charge in [-0.05, 0) is 0 Å². The predicted molar refractivity (Wildman–Crippen MR) is 52.2 cm³/mol. The Bertz CT molecular complexity index is 333. The van der Waals surface area contributed by atoms with Gasteiger partial charge in [-0.15, -0.1) is 0 Å². The fourth-order valence-corrected chi connectivity index (χ4v) is 1.55. The minimum atomic E-state index is -2.72. The zero-order valence-corrected chi connectivity index (χ0v) is 8.76. The van der Waals surface area contributed by atoms with E-state index in [0.717, 1.165) is 0 Å². The lowest BCUT2D eigenvalue weighted by Crippen LogP contribution is -2.06. The summed E-state index contributed by atoms with van der Waals surface area (Å²) >= 11 is 3.11. The summed E-state index contributed by atoms with van der Waals surface area (Å²) in [6.45, 7) is -0.535. The summed E-state index contributed by atoms with van der Waals surface area (Å²) in [5.41, 5.74) is 5.57. The summed E-state index contributed by atoms with van der Waals surface area (Å²) in [4.78, 5) is 3.71. The topological polar surface area (TPSA) is 59.1 Å². The van der Waals surface area contributed by atoms with Crippen LogP contribution in [0.25, 0.3) is 0 Å². The summed E-state index contributed by atoms with van der Waals surface area (Å²) < 4.78 is 25.1. The summed E-state index contributed by atoms with van der Waals surface area (Å²) in [5, 5.41) is 9.15. The van der Waals surface area contributed by atoms with Crippen molar-refractivity contribution in [2.45, 2.75) is 18.4 Å². The molecule has 1 aromatic heterocycles. The molecule has 0 saturated heterocycles. The number of hydrogen-bond donors (Lipinski definition) is 2. The fourth-order valence-electron chi connectivity index (χ4n) is 1.10. The average Bonchev–Trinajstić information content (AvgIpc) is 2.16. The molecule has 0 aliphatic heterocycles. The highest BCUT2D eigenvalue weighted by atomic mass is 79.9. The second-order valence-electron chi connectivity index (χ2n) is 2.65. The van der Waals surface area contributed by atoms with Crippen molar-refractivity contribution in [2.75, 3.05) is 5.73 Å². The molecule has 1 aromatic rings. The van der Waals surface area contributed by atoms with E-state index < -0.39 is 13.0 Å². The minimum Gasteiger partial charge on any atom is -0.398 e. The van der Waals surface area contributed by atoms with Crippen LogP contribution < -0.4 is 5.73 Å². The fraction of sp³-hybridized carbons (Fsp3) is 0.375. The highest BCUT2D eigenvalue weighted by molar-refractivity contribution is 9.08. The van der Waals surface area contributed by atoms with Crippen LogP contribution in [0.2, 0.25) is 0 Å². The number of aliphatic hydroxyl groups is 1. The molecule has 1 heterocycles. The molecule has 0 aliphatic carbocycles. The van der Waals surface area contributed by atoms with Gasteiger partial charge in [0.15, 0.2) is 0 Å². The van der Waals surface area contributed by atoms with E-state index in [1.165, 1.54) is 6.20 Å². The molecule has 0 spiro atoms. The molecule has 3 N–H and O–H groups in total. The first-order valence-corrected chi connectivity index (χ1v) is 4.95. The summed E-state index contributed by atoms with van der Waals surface area (Å²) in [7, 11) is 0. The van der Waals surface area contributed by atoms with Crippen LogP contribution in [0.5, 0.6) is 0 Å². The molecule has 0 amide bonds. The lowest BCUT2D eigenvalue weighted by atomic mass is 10.1. The average molecular weight is 267 g/mol. The molecule has 14 heavy (non-hydrogen) atoms. The number of pyridine rings is 1. The van der Waals surface area contributed by atoms with E-state index in [1.807, 2.05) is 0 Å². The Morgan fingerprint density at radius 1 is 1.57 bits per heavy atom. The van der Waals surface area contributed by atoms with E-state index in [1.54, 1.807) is 0 Å². The van der Waals surface area contributed by atoms with Gasteiger partial charge in [-0.2, -0.15) is 0 Å². The van der Waals surface area contributed by atoms with Crippen LogP contribution in [0.1, 0.15) is 23.2 Å². The Labute approximate surface area is 88.1 Å². The number of nitrogens with two attached hydrogens (primary N) is 1. The van der Waals surface area contributed by atoms with Crippen molar-refractivity contribution in [1.29, 1.82) is 0 Å². The van der Waals surface area contributed by atoms with Gasteiger partial charge in [0.05, 0.1) is 17.9 Å². The molecule has 0 radical (unpaired) electrons. The molecule has 0 fully saturated rings. The van der Waals surface area contributed by atoms with Crippen LogP contribution in [0, 0.1) is 0 Å². The molecule has 0 bridgehead atoms. The smallest absolute Gasteiger partial charge is 0.267 e. The molecule has 0 aromatic carbocycles. The number of hydrogen-bond acceptors (Lipinski definition) is 3. The highest BCUT2D eigenvalue weighted by Crippen LogP contribution is 2.30. The van der Waals surface area contributed by atoms with Crippen molar-refractivity contribution < 1.29 is 13.9 Å². The van der Waals surface area contributed by atoms with E-state index in [9.17, 15) is 8.78 Å². The van der Waals surface area contributed by atoms with E-state index in [4.69, 9.17) is 10.8 Å². The van der Waals surface area contributed by atoms with Gasteiger partial charge in [0, 0.05) is 22.8 Å². The molecule has 78 valence electrons. The third-order valence-electron chi connectivity index (χ3n) is 1.84. The Morgan fingerprint density at radius 2 is 2.21 bits per heavy atom. The predicted octanol–water partition coefficient (Wildman–Crippen LogP) is 1.99. The van der Waals surface area contributed by atoms with Crippen LogP contribution in [0.15, 0.2) is 6.20 Å². The van der Waals surface area contributed by atoms with Gasteiger partial charge in [0.25, 0.3) is 6.43 Å². The summed E-state index contributed by atoms with van der Waals surface area (Å²) in [6, 6.07) is 0. The van der Waals surface area contributed by atoms with Gasteiger partial charge < -0.3 is 10.8 Å². The van der Waals surface area contributed by atoms with Crippen LogP contribution in [-0.2, 0) is 11.9 Å². The normalized spacial score (nSPS) is 10.9. The third kappa shape index (κ3) is 2.01. The summed E-state index contributed by atoms with van der Waals surface area (Å²) in [5.74, 6) is 0. The first-order valence-electron chi connectivity index (χ1n) is 3.82. The van der Waals surface area contributed by atoms with Gasteiger partial charge in [-0.25, -0.2) is 8.78 Å². The SMILES string of the molecule is Nc1c(CBr)cnc(CO)c1C(F)F. The monoisotopic (exact) mass is 266 g/mol. The quantitative estimate of drug-likeness (QED) is 0.823. The lowest BCUT2D eigenvalue weighted by Gasteiger charge is -2.11. The van der Waals surface area contributed by atoms with Crippen molar-refractivity contribution >= 4 is 21.6 Å². The maximum Gasteiger partial charge on any atom is 0.267 e. The number of alkyl halides is 3. The zero-order valence-electron chi connectivity index (χ0n) is 7.17. The number of nitrogen functional groups attached to an aromatic ring is 1. The Hall–Kier alpha value is -0.750. The maximum atomic E-state index is 12.5. The number of rotatable bonds is 3. The first-order chi connectivity index (χ1) is 6.61. The Morgan fingerprint density at radius 3 is 2.64 bits per heavy atom. The van der Waals surface area contributed by atoms with Crippen LogP contribution in [-0.4, -0.2) is 10.1 Å². The Kier molecular flexibility index (Phi) is 3.77. The van der Waals surface area contributed by atoms with Crippen molar-refractivity contribution in [3.63, 3.8) is 0 Å². The van der Waals surface area contributed by atoms with Crippen molar-refractivity contribution in [2.24, 2.45) is 0 Å². The second-order valence-corrected chi connectivity index (χ2v) is 3.21. The van der Waals surface area contributed by atoms with E-state index >= 15 is 0 Å². The van der Waals surface area contributed by atoms with E-state index in [0.29, 0.717) is 10.9 Å². The van der Waals surface area contributed by atoms with Crippen molar-refractivity contribution in [1.82, 2.24) is 4.98 Å². The van der Waals surface area contributed by atoms with Gasteiger partial charge in [-0.1, -0.05) is 15.9 Å². The molecule has 0 unspecified atom stereocenters. The number of anilines is 1. The van der Waals surface area contributed by atoms with Crippen LogP contribution >= 0.6 is 15.9 Å². The molecule has 6 heteroatoms. The van der Waals surface area contributed by atoms with E-state index in [2.05, 4.69) is 20.9 Å². The number of nitrogens with zero attached hydrogens (tertiary/aromatic N) is 1. The standard InChI is InChI=1S/C8H9BrF2N2O/c9-1-4-2-13-5(3-14)6(7(4)12)8(10)11/h2,8,14H,1,3H2,(H2,12,13). The lowest BCUT2D eigenvalue weighted by molar-refractivity contribution is 0.147. The Balaban J connectivity index is 3.31. The van der Waals surface area contributed by atoms with Crippen molar-refractivity contribution in [3.8, 4) is 0 Å². The molecule has 3 nitrogen and oxygen atoms in total. The molecular formula is C8H9BrF2N2O. The van der Waals surface area contributed by atoms with Crippen LogP contribution in [0.4, 0.5) is 14.5 Å². The van der Waals surface area contributed by atoms with Gasteiger partial charge >= 0.3 is 0 Å².